The Morgan fingerprint density at radius 2 is 2.15 bits per heavy atom. The van der Waals surface area contributed by atoms with Crippen molar-refractivity contribution in [3.63, 3.8) is 0 Å². The van der Waals surface area contributed by atoms with E-state index < -0.39 is 27.9 Å². The topological polar surface area (TPSA) is 118 Å². The van der Waals surface area contributed by atoms with E-state index in [9.17, 15) is 18.0 Å². The molecule has 3 N–H and O–H groups in total. The molecular weight excluding hydrogens is 304 g/mol. The fraction of sp³-hybridized carbons (Fsp3) is 0.455. The number of aliphatic carboxylic acids is 1. The van der Waals surface area contributed by atoms with E-state index >= 15 is 0 Å². The minimum absolute atomic E-state index is 0.0862. The molecule has 1 atom stereocenters. The van der Waals surface area contributed by atoms with E-state index in [4.69, 9.17) is 10.2 Å². The maximum atomic E-state index is 12.3. The third-order valence-electron chi connectivity index (χ3n) is 3.19. The lowest BCUT2D eigenvalue weighted by molar-refractivity contribution is -0.141. The Hall–Kier alpha value is -1.45. The number of carboxylic acid groups (broad SMARTS) is 1. The van der Waals surface area contributed by atoms with Crippen LogP contribution in [-0.4, -0.2) is 42.9 Å². The number of nitrogens with zero attached hydrogens (tertiary/aromatic N) is 1. The van der Waals surface area contributed by atoms with E-state index in [1.54, 1.807) is 6.92 Å². The van der Waals surface area contributed by atoms with Crippen LogP contribution in [0.5, 0.6) is 0 Å². The number of thiophene rings is 1. The van der Waals surface area contributed by atoms with Gasteiger partial charge in [-0.2, -0.15) is 0 Å². The maximum absolute atomic E-state index is 12.3. The van der Waals surface area contributed by atoms with Gasteiger partial charge in [0.05, 0.1) is 9.77 Å². The molecule has 9 heteroatoms. The first-order chi connectivity index (χ1) is 9.21. The SMILES string of the molecule is Cc1sc(C(=O)N2CCCC2C(=O)O)cc1S(N)(=O)=O. The molecule has 1 aliphatic rings. The van der Waals surface area contributed by atoms with Crippen LogP contribution in [0, 0.1) is 6.92 Å². The number of primary sulfonamides is 1. The molecule has 0 bridgehead atoms. The minimum Gasteiger partial charge on any atom is -0.480 e. The lowest BCUT2D eigenvalue weighted by atomic mass is 10.2. The van der Waals surface area contributed by atoms with Crippen LogP contribution in [-0.2, 0) is 14.8 Å². The van der Waals surface area contributed by atoms with Gasteiger partial charge in [-0.15, -0.1) is 11.3 Å². The van der Waals surface area contributed by atoms with E-state index in [0.29, 0.717) is 24.3 Å². The largest absolute Gasteiger partial charge is 0.480 e. The van der Waals surface area contributed by atoms with Crippen LogP contribution in [0.25, 0.3) is 0 Å². The van der Waals surface area contributed by atoms with Crippen molar-refractivity contribution in [1.29, 1.82) is 0 Å². The van der Waals surface area contributed by atoms with Crippen LogP contribution in [0.2, 0.25) is 0 Å². The summed E-state index contributed by atoms with van der Waals surface area (Å²) in [6, 6.07) is 0.373. The van der Waals surface area contributed by atoms with Crippen molar-refractivity contribution in [2.24, 2.45) is 5.14 Å². The van der Waals surface area contributed by atoms with Crippen LogP contribution >= 0.6 is 11.3 Å². The van der Waals surface area contributed by atoms with Crippen molar-refractivity contribution in [3.8, 4) is 0 Å². The summed E-state index contributed by atoms with van der Waals surface area (Å²) < 4.78 is 22.7. The summed E-state index contributed by atoms with van der Waals surface area (Å²) in [4.78, 5) is 25.2. The van der Waals surface area contributed by atoms with E-state index in [2.05, 4.69) is 0 Å². The molecule has 1 amide bonds. The number of carboxylic acids is 1. The second-order valence-corrected chi connectivity index (χ2v) is 7.36. The van der Waals surface area contributed by atoms with Crippen LogP contribution < -0.4 is 5.14 Å². The van der Waals surface area contributed by atoms with Gasteiger partial charge in [0.1, 0.15) is 6.04 Å². The molecule has 1 aromatic heterocycles. The molecule has 1 unspecified atom stereocenters. The molecular formula is C11H14N2O5S2. The highest BCUT2D eigenvalue weighted by Crippen LogP contribution is 2.28. The zero-order chi connectivity index (χ0) is 15.1. The first kappa shape index (κ1) is 14.9. The average molecular weight is 318 g/mol. The summed E-state index contributed by atoms with van der Waals surface area (Å²) in [6.45, 7) is 1.91. The highest BCUT2D eigenvalue weighted by Gasteiger charge is 2.35. The number of sulfonamides is 1. The van der Waals surface area contributed by atoms with Gasteiger partial charge in [0.15, 0.2) is 0 Å². The number of likely N-dealkylation sites (tertiary alicyclic amines) is 1. The lowest BCUT2D eigenvalue weighted by Gasteiger charge is -2.20. The number of rotatable bonds is 3. The molecule has 7 nitrogen and oxygen atoms in total. The minimum atomic E-state index is -3.88. The molecule has 20 heavy (non-hydrogen) atoms. The Kier molecular flexibility index (Phi) is 3.85. The summed E-state index contributed by atoms with van der Waals surface area (Å²) in [6.07, 6.45) is 1.03. The number of amides is 1. The quantitative estimate of drug-likeness (QED) is 0.836. The zero-order valence-corrected chi connectivity index (χ0v) is 12.3. The number of nitrogens with two attached hydrogens (primary N) is 1. The smallest absolute Gasteiger partial charge is 0.326 e. The van der Waals surface area contributed by atoms with Crippen LogP contribution in [0.1, 0.15) is 27.4 Å². The van der Waals surface area contributed by atoms with Crippen LogP contribution in [0.15, 0.2) is 11.0 Å². The van der Waals surface area contributed by atoms with Crippen molar-refractivity contribution in [3.05, 3.63) is 15.8 Å². The fourth-order valence-electron chi connectivity index (χ4n) is 2.26. The summed E-state index contributed by atoms with van der Waals surface area (Å²) in [5.41, 5.74) is 0. The van der Waals surface area contributed by atoms with Gasteiger partial charge in [0.2, 0.25) is 10.0 Å². The third kappa shape index (κ3) is 2.69. The highest BCUT2D eigenvalue weighted by atomic mass is 32.2. The Morgan fingerprint density at radius 3 is 2.65 bits per heavy atom. The second-order valence-electron chi connectivity index (χ2n) is 4.57. The summed E-state index contributed by atoms with van der Waals surface area (Å²) >= 11 is 1.01. The Bertz CT molecular complexity index is 664. The fourth-order valence-corrected chi connectivity index (χ4v) is 4.36. The third-order valence-corrected chi connectivity index (χ3v) is 5.39. The Balaban J connectivity index is 2.33. The van der Waals surface area contributed by atoms with Crippen LogP contribution in [0.4, 0.5) is 0 Å². The Labute approximate surface area is 120 Å². The first-order valence-electron chi connectivity index (χ1n) is 5.89. The molecule has 0 aromatic carbocycles. The molecule has 0 radical (unpaired) electrons. The van der Waals surface area contributed by atoms with Gasteiger partial charge in [-0.25, -0.2) is 18.4 Å². The molecule has 0 saturated carbocycles. The van der Waals surface area contributed by atoms with Gasteiger partial charge in [-0.3, -0.25) is 4.79 Å². The molecule has 0 aliphatic carbocycles. The van der Waals surface area contributed by atoms with Crippen molar-refractivity contribution in [2.75, 3.05) is 6.54 Å². The predicted octanol–water partition coefficient (Wildman–Crippen LogP) is 0.393. The van der Waals surface area contributed by atoms with Gasteiger partial charge in [-0.05, 0) is 25.8 Å². The van der Waals surface area contributed by atoms with Crippen molar-refractivity contribution in [2.45, 2.75) is 30.7 Å². The van der Waals surface area contributed by atoms with E-state index in [1.807, 2.05) is 0 Å². The zero-order valence-electron chi connectivity index (χ0n) is 10.7. The van der Waals surface area contributed by atoms with E-state index in [1.165, 1.54) is 11.0 Å². The first-order valence-corrected chi connectivity index (χ1v) is 8.25. The molecule has 1 aliphatic heterocycles. The summed E-state index contributed by atoms with van der Waals surface area (Å²) in [5.74, 6) is -1.51. The molecule has 110 valence electrons. The van der Waals surface area contributed by atoms with Gasteiger partial charge in [-0.1, -0.05) is 0 Å². The van der Waals surface area contributed by atoms with Crippen molar-refractivity contribution < 1.29 is 23.1 Å². The Morgan fingerprint density at radius 1 is 1.50 bits per heavy atom. The summed E-state index contributed by atoms with van der Waals surface area (Å²) in [7, 11) is -3.88. The number of carbonyl (C=O) groups is 2. The number of carbonyl (C=O) groups excluding carboxylic acids is 1. The standard InChI is InChI=1S/C11H14N2O5S2/c1-6-9(20(12,17)18)5-8(19-6)10(14)13-4-2-3-7(13)11(15)16/h5,7H,2-4H2,1H3,(H,15,16)(H2,12,17,18). The number of aryl methyl sites for hydroxylation is 1. The van der Waals surface area contributed by atoms with Gasteiger partial charge < -0.3 is 10.0 Å². The molecule has 2 rings (SSSR count). The maximum Gasteiger partial charge on any atom is 0.326 e. The van der Waals surface area contributed by atoms with Crippen LogP contribution in [0.3, 0.4) is 0 Å². The highest BCUT2D eigenvalue weighted by molar-refractivity contribution is 7.89. The second kappa shape index (κ2) is 5.15. The lowest BCUT2D eigenvalue weighted by Crippen LogP contribution is -2.40. The van der Waals surface area contributed by atoms with E-state index in [-0.39, 0.29) is 9.77 Å². The number of hydrogen-bond donors (Lipinski definition) is 2. The summed E-state index contributed by atoms with van der Waals surface area (Å²) in [5, 5.41) is 14.1. The molecule has 1 fully saturated rings. The molecule has 1 aromatic rings. The number of hydrogen-bond acceptors (Lipinski definition) is 5. The van der Waals surface area contributed by atoms with Crippen molar-refractivity contribution in [1.82, 2.24) is 4.90 Å². The van der Waals surface area contributed by atoms with Gasteiger partial charge >= 0.3 is 5.97 Å². The van der Waals surface area contributed by atoms with Gasteiger partial charge in [0.25, 0.3) is 5.91 Å². The monoisotopic (exact) mass is 318 g/mol. The molecule has 0 spiro atoms. The van der Waals surface area contributed by atoms with E-state index in [0.717, 1.165) is 11.3 Å². The normalized spacial score (nSPS) is 19.3. The average Bonchev–Trinajstić information content (AvgIpc) is 2.92. The van der Waals surface area contributed by atoms with Gasteiger partial charge in [0, 0.05) is 11.4 Å². The van der Waals surface area contributed by atoms with Crippen molar-refractivity contribution >= 4 is 33.2 Å². The molecule has 2 heterocycles. The predicted molar refractivity (Wildman–Crippen MR) is 72.1 cm³/mol. The molecule has 1 saturated heterocycles.